The van der Waals surface area contributed by atoms with Crippen LogP contribution in [0.2, 0.25) is 0 Å². The van der Waals surface area contributed by atoms with Gasteiger partial charge in [-0.3, -0.25) is 4.90 Å². The molecule has 0 unspecified atom stereocenters. The van der Waals surface area contributed by atoms with Crippen molar-refractivity contribution >= 4 is 12.1 Å². The van der Waals surface area contributed by atoms with Crippen LogP contribution in [0.3, 0.4) is 0 Å². The molecular formula is C24H30FN3O4. The normalized spacial score (nSPS) is 21.5. The molecule has 0 bridgehead atoms. The van der Waals surface area contributed by atoms with Crippen LogP contribution in [0.1, 0.15) is 77.0 Å². The van der Waals surface area contributed by atoms with Gasteiger partial charge in [0.1, 0.15) is 23.3 Å². The Kier molecular flexibility index (Phi) is 6.26. The largest absolute Gasteiger partial charge is 0.480 e. The highest BCUT2D eigenvalue weighted by Gasteiger charge is 2.50. The number of benzene rings is 1. The second-order valence-corrected chi connectivity index (χ2v) is 10.1. The Morgan fingerprint density at radius 2 is 1.84 bits per heavy atom. The van der Waals surface area contributed by atoms with Crippen LogP contribution in [0.25, 0.3) is 0 Å². The summed E-state index contributed by atoms with van der Waals surface area (Å²) in [4.78, 5) is 35.6. The van der Waals surface area contributed by atoms with Gasteiger partial charge < -0.3 is 9.84 Å². The smallest absolute Gasteiger partial charge is 0.411 e. The minimum absolute atomic E-state index is 0.121. The fourth-order valence-electron chi connectivity index (χ4n) is 3.95. The van der Waals surface area contributed by atoms with E-state index in [-0.39, 0.29) is 11.8 Å². The summed E-state index contributed by atoms with van der Waals surface area (Å²) in [5.41, 5.74) is -0.0454. The molecule has 1 aliphatic heterocycles. The van der Waals surface area contributed by atoms with E-state index < -0.39 is 41.5 Å². The SMILES string of the molecule is CC(C)(C)OC(=O)N1[C@H](C(=O)O)C[C@H](c2ccnc(C(C)(C)C)n2)[C@@H]1c1cccc(F)c1. The van der Waals surface area contributed by atoms with Gasteiger partial charge in [0.2, 0.25) is 0 Å². The molecule has 3 atom stereocenters. The van der Waals surface area contributed by atoms with Crippen LogP contribution in [0.5, 0.6) is 0 Å². The number of carboxylic acids is 1. The number of nitrogens with zero attached hydrogens (tertiary/aromatic N) is 3. The van der Waals surface area contributed by atoms with E-state index >= 15 is 0 Å². The average Bonchev–Trinajstić information content (AvgIpc) is 3.07. The molecule has 2 aromatic rings. The number of carbonyl (C=O) groups excluding carboxylic acids is 1. The average molecular weight is 444 g/mol. The maximum absolute atomic E-state index is 14.1. The fourth-order valence-corrected chi connectivity index (χ4v) is 3.95. The van der Waals surface area contributed by atoms with E-state index in [0.29, 0.717) is 17.1 Å². The lowest BCUT2D eigenvalue weighted by Crippen LogP contribution is -2.44. The summed E-state index contributed by atoms with van der Waals surface area (Å²) >= 11 is 0. The number of rotatable bonds is 3. The first-order valence-electron chi connectivity index (χ1n) is 10.6. The van der Waals surface area contributed by atoms with Crippen molar-refractivity contribution in [1.82, 2.24) is 14.9 Å². The summed E-state index contributed by atoms with van der Waals surface area (Å²) in [6, 6.07) is 5.69. The Labute approximate surface area is 187 Å². The molecule has 0 radical (unpaired) electrons. The third-order valence-corrected chi connectivity index (χ3v) is 5.30. The lowest BCUT2D eigenvalue weighted by atomic mass is 9.89. The van der Waals surface area contributed by atoms with Crippen LogP contribution in [-0.2, 0) is 14.9 Å². The molecule has 0 spiro atoms. The predicted molar refractivity (Wildman–Crippen MR) is 117 cm³/mol. The van der Waals surface area contributed by atoms with Gasteiger partial charge in [-0.15, -0.1) is 0 Å². The molecule has 0 saturated carbocycles. The van der Waals surface area contributed by atoms with Gasteiger partial charge >= 0.3 is 12.1 Å². The Bertz CT molecular complexity index is 1010. The molecule has 172 valence electrons. The molecule has 1 saturated heterocycles. The van der Waals surface area contributed by atoms with Gasteiger partial charge in [0.15, 0.2) is 0 Å². The van der Waals surface area contributed by atoms with Gasteiger partial charge in [0, 0.05) is 23.2 Å². The van der Waals surface area contributed by atoms with Crippen molar-refractivity contribution in [3.05, 3.63) is 59.4 Å². The summed E-state index contributed by atoms with van der Waals surface area (Å²) in [5.74, 6) is -1.49. The Hall–Kier alpha value is -3.03. The Morgan fingerprint density at radius 3 is 2.41 bits per heavy atom. The summed E-state index contributed by atoms with van der Waals surface area (Å²) in [7, 11) is 0. The first kappa shape index (κ1) is 23.6. The summed E-state index contributed by atoms with van der Waals surface area (Å²) in [5, 5.41) is 9.94. The van der Waals surface area contributed by atoms with Gasteiger partial charge in [-0.05, 0) is 51.0 Å². The van der Waals surface area contributed by atoms with E-state index in [9.17, 15) is 19.1 Å². The molecule has 1 fully saturated rings. The first-order valence-corrected chi connectivity index (χ1v) is 10.6. The highest BCUT2D eigenvalue weighted by molar-refractivity contribution is 5.82. The van der Waals surface area contributed by atoms with Crippen molar-refractivity contribution in [2.75, 3.05) is 0 Å². The maximum Gasteiger partial charge on any atom is 0.411 e. The summed E-state index contributed by atoms with van der Waals surface area (Å²) < 4.78 is 19.7. The maximum atomic E-state index is 14.1. The molecule has 0 aliphatic carbocycles. The van der Waals surface area contributed by atoms with Crippen molar-refractivity contribution in [2.45, 2.75) is 77.0 Å². The molecule has 8 heteroatoms. The number of amides is 1. The Morgan fingerprint density at radius 1 is 1.16 bits per heavy atom. The second-order valence-electron chi connectivity index (χ2n) is 10.1. The third-order valence-electron chi connectivity index (χ3n) is 5.30. The zero-order chi connectivity index (χ0) is 23.8. The lowest BCUT2D eigenvalue weighted by Gasteiger charge is -2.32. The molecule has 2 heterocycles. The van der Waals surface area contributed by atoms with Crippen LogP contribution >= 0.6 is 0 Å². The van der Waals surface area contributed by atoms with Crippen LogP contribution in [-0.4, -0.2) is 43.7 Å². The zero-order valence-corrected chi connectivity index (χ0v) is 19.3. The number of hydrogen-bond acceptors (Lipinski definition) is 5. The molecule has 1 aromatic heterocycles. The topological polar surface area (TPSA) is 92.6 Å². The number of aliphatic carboxylic acids is 1. The van der Waals surface area contributed by atoms with Gasteiger partial charge in [0.05, 0.1) is 6.04 Å². The van der Waals surface area contributed by atoms with Crippen molar-refractivity contribution in [2.24, 2.45) is 0 Å². The van der Waals surface area contributed by atoms with Gasteiger partial charge in [-0.1, -0.05) is 32.9 Å². The molecule has 7 nitrogen and oxygen atoms in total. The first-order chi connectivity index (χ1) is 14.8. The van der Waals surface area contributed by atoms with E-state index in [2.05, 4.69) is 4.98 Å². The highest BCUT2D eigenvalue weighted by Crippen LogP contribution is 2.47. The van der Waals surface area contributed by atoms with Crippen molar-refractivity contribution in [3.63, 3.8) is 0 Å². The van der Waals surface area contributed by atoms with E-state index in [0.717, 1.165) is 0 Å². The quantitative estimate of drug-likeness (QED) is 0.730. The van der Waals surface area contributed by atoms with E-state index in [1.807, 2.05) is 20.8 Å². The van der Waals surface area contributed by atoms with Crippen molar-refractivity contribution in [3.8, 4) is 0 Å². The molecular weight excluding hydrogens is 413 g/mol. The number of aromatic nitrogens is 2. The molecule has 1 aromatic carbocycles. The van der Waals surface area contributed by atoms with Crippen molar-refractivity contribution < 1.29 is 23.8 Å². The number of likely N-dealkylation sites (tertiary alicyclic amines) is 1. The standard InChI is InChI=1S/C24H30FN3O4/c1-23(2,3)21-26-11-10-17(27-21)16-13-18(20(29)30)28(22(31)32-24(4,5)6)19(16)14-8-7-9-15(25)12-14/h7-12,16,18-19H,13H2,1-6H3,(H,29,30)/t16-,18+,19+/m1/s1. The number of carbonyl (C=O) groups is 2. The molecule has 1 amide bonds. The van der Waals surface area contributed by atoms with E-state index in [1.54, 1.807) is 45.2 Å². The van der Waals surface area contributed by atoms with Crippen molar-refractivity contribution in [1.29, 1.82) is 0 Å². The summed E-state index contributed by atoms with van der Waals surface area (Å²) in [6.07, 6.45) is 1.00. The molecule has 1 N–H and O–H groups in total. The lowest BCUT2D eigenvalue weighted by molar-refractivity contribution is -0.142. The van der Waals surface area contributed by atoms with Gasteiger partial charge in [-0.25, -0.2) is 23.9 Å². The van der Waals surface area contributed by atoms with E-state index in [1.165, 1.54) is 17.0 Å². The molecule has 3 rings (SSSR count). The minimum Gasteiger partial charge on any atom is -0.480 e. The monoisotopic (exact) mass is 443 g/mol. The minimum atomic E-state index is -1.15. The molecule has 1 aliphatic rings. The number of halogens is 1. The van der Waals surface area contributed by atoms with E-state index in [4.69, 9.17) is 9.72 Å². The Balaban J connectivity index is 2.15. The number of carboxylic acid groups (broad SMARTS) is 1. The molecule has 32 heavy (non-hydrogen) atoms. The second kappa shape index (κ2) is 8.48. The van der Waals surface area contributed by atoms with Gasteiger partial charge in [-0.2, -0.15) is 0 Å². The predicted octanol–water partition coefficient (Wildman–Crippen LogP) is 4.83. The number of ether oxygens (including phenoxy) is 1. The zero-order valence-electron chi connectivity index (χ0n) is 19.3. The van der Waals surface area contributed by atoms with Crippen LogP contribution in [0.4, 0.5) is 9.18 Å². The van der Waals surface area contributed by atoms with Crippen LogP contribution in [0, 0.1) is 5.82 Å². The third kappa shape index (κ3) is 5.06. The fraction of sp³-hybridized carbons (Fsp3) is 0.500. The number of hydrogen-bond donors (Lipinski definition) is 1. The van der Waals surface area contributed by atoms with Gasteiger partial charge in [0.25, 0.3) is 0 Å². The van der Waals surface area contributed by atoms with Crippen LogP contribution in [0.15, 0.2) is 36.5 Å². The summed E-state index contributed by atoms with van der Waals surface area (Å²) in [6.45, 7) is 11.1. The van der Waals surface area contributed by atoms with Crippen LogP contribution < -0.4 is 0 Å². The highest BCUT2D eigenvalue weighted by atomic mass is 19.1.